The molecule has 4 heterocycles. The lowest BCUT2D eigenvalue weighted by Crippen LogP contribution is -2.43. The first-order valence-corrected chi connectivity index (χ1v) is 12.5. The number of rotatable bonds is 7. The fourth-order valence-electron chi connectivity index (χ4n) is 4.96. The summed E-state index contributed by atoms with van der Waals surface area (Å²) in [5.74, 6) is 1.36. The Bertz CT molecular complexity index is 1020. The third kappa shape index (κ3) is 4.89. The quantitative estimate of drug-likeness (QED) is 0.585. The maximum atomic E-state index is 9.38. The highest BCUT2D eigenvalue weighted by molar-refractivity contribution is 7.05. The maximum Gasteiger partial charge on any atom is 0.171 e. The molecular formula is C24H32N4O3S. The molecule has 2 aromatic heterocycles. The summed E-state index contributed by atoms with van der Waals surface area (Å²) in [6.07, 6.45) is 5.34. The Hall–Kier alpha value is -1.84. The molecule has 0 spiro atoms. The van der Waals surface area contributed by atoms with Crippen LogP contribution in [0, 0.1) is 5.92 Å². The average molecular weight is 457 g/mol. The van der Waals surface area contributed by atoms with Gasteiger partial charge in [0, 0.05) is 31.3 Å². The number of morpholine rings is 1. The van der Waals surface area contributed by atoms with Crippen molar-refractivity contribution in [3.8, 4) is 0 Å². The highest BCUT2D eigenvalue weighted by Crippen LogP contribution is 2.36. The van der Waals surface area contributed by atoms with Gasteiger partial charge in [-0.15, -0.1) is 0 Å². The van der Waals surface area contributed by atoms with Gasteiger partial charge in [0.2, 0.25) is 0 Å². The van der Waals surface area contributed by atoms with Crippen molar-refractivity contribution in [1.29, 1.82) is 0 Å². The van der Waals surface area contributed by atoms with Gasteiger partial charge in [-0.25, -0.2) is 4.98 Å². The van der Waals surface area contributed by atoms with Crippen molar-refractivity contribution < 1.29 is 14.6 Å². The highest BCUT2D eigenvalue weighted by Gasteiger charge is 2.32. The SMILES string of the molecule is CCC1CC(Cn2ccc3ccccc32)CC(c2nsc(CN3CCOC(CO)C3)n2)O1. The van der Waals surface area contributed by atoms with E-state index in [1.165, 1.54) is 22.4 Å². The van der Waals surface area contributed by atoms with E-state index >= 15 is 0 Å². The molecule has 4 atom stereocenters. The standard InChI is InChI=1S/C24H32N4O3S/c1-2-19-11-17(13-28-8-7-18-5-3-4-6-21(18)28)12-22(31-19)24-25-23(32-26-24)15-27-9-10-30-20(14-27)16-29/h3-8,17,19-20,22,29H,2,9-16H2,1H3. The average Bonchev–Trinajstić information content (AvgIpc) is 3.46. The Morgan fingerprint density at radius 2 is 2.09 bits per heavy atom. The molecule has 0 aliphatic carbocycles. The second-order valence-corrected chi connectivity index (χ2v) is 9.81. The number of aliphatic hydroxyl groups excluding tert-OH is 1. The van der Waals surface area contributed by atoms with Gasteiger partial charge in [-0.2, -0.15) is 4.37 Å². The van der Waals surface area contributed by atoms with E-state index in [1.54, 1.807) is 0 Å². The number of hydrogen-bond donors (Lipinski definition) is 1. The van der Waals surface area contributed by atoms with Gasteiger partial charge in [0.1, 0.15) is 11.1 Å². The summed E-state index contributed by atoms with van der Waals surface area (Å²) in [6.45, 7) is 6.25. The van der Waals surface area contributed by atoms with Crippen molar-refractivity contribution in [2.75, 3.05) is 26.3 Å². The monoisotopic (exact) mass is 456 g/mol. The van der Waals surface area contributed by atoms with Crippen molar-refractivity contribution in [3.05, 3.63) is 47.4 Å². The van der Waals surface area contributed by atoms with E-state index in [1.807, 2.05) is 0 Å². The van der Waals surface area contributed by atoms with Crippen molar-refractivity contribution in [1.82, 2.24) is 18.8 Å². The van der Waals surface area contributed by atoms with Crippen LogP contribution in [0.2, 0.25) is 0 Å². The molecule has 2 fully saturated rings. The van der Waals surface area contributed by atoms with E-state index in [0.717, 1.165) is 56.3 Å². The van der Waals surface area contributed by atoms with Crippen LogP contribution in [0.4, 0.5) is 0 Å². The van der Waals surface area contributed by atoms with Gasteiger partial charge in [-0.05, 0) is 54.2 Å². The van der Waals surface area contributed by atoms with E-state index in [-0.39, 0.29) is 24.9 Å². The molecule has 2 aliphatic rings. The molecule has 0 amide bonds. The number of benzene rings is 1. The van der Waals surface area contributed by atoms with Crippen LogP contribution in [-0.2, 0) is 22.6 Å². The zero-order chi connectivity index (χ0) is 21.9. The molecule has 172 valence electrons. The largest absolute Gasteiger partial charge is 0.394 e. The van der Waals surface area contributed by atoms with Gasteiger partial charge in [-0.3, -0.25) is 4.90 Å². The second-order valence-electron chi connectivity index (χ2n) is 8.98. The minimum atomic E-state index is -0.103. The number of fused-ring (bicyclic) bond motifs is 1. The topological polar surface area (TPSA) is 72.6 Å². The van der Waals surface area contributed by atoms with Crippen molar-refractivity contribution in [2.45, 2.75) is 57.6 Å². The minimum absolute atomic E-state index is 0.0413. The number of aromatic nitrogens is 3. The lowest BCUT2D eigenvalue weighted by molar-refractivity contribution is -0.0800. The normalized spacial score (nSPS) is 27.2. The molecular weight excluding hydrogens is 424 g/mol. The molecule has 5 rings (SSSR count). The summed E-state index contributed by atoms with van der Waals surface area (Å²) in [4.78, 5) is 7.14. The fraction of sp³-hybridized carbons (Fsp3) is 0.583. The van der Waals surface area contributed by atoms with Crippen molar-refractivity contribution >= 4 is 22.4 Å². The van der Waals surface area contributed by atoms with Crippen LogP contribution >= 0.6 is 11.5 Å². The molecule has 8 heteroatoms. The minimum Gasteiger partial charge on any atom is -0.394 e. The van der Waals surface area contributed by atoms with Crippen LogP contribution < -0.4 is 0 Å². The van der Waals surface area contributed by atoms with Gasteiger partial charge in [0.15, 0.2) is 5.82 Å². The molecule has 0 bridgehead atoms. The lowest BCUT2D eigenvalue weighted by Gasteiger charge is -2.34. The summed E-state index contributed by atoms with van der Waals surface area (Å²) in [6, 6.07) is 10.8. The second kappa shape index (κ2) is 9.97. The van der Waals surface area contributed by atoms with Crippen LogP contribution in [0.5, 0.6) is 0 Å². The summed E-state index contributed by atoms with van der Waals surface area (Å²) in [5, 5.41) is 11.7. The van der Waals surface area contributed by atoms with Crippen LogP contribution in [0.25, 0.3) is 10.9 Å². The number of ether oxygens (including phenoxy) is 2. The molecule has 1 N–H and O–H groups in total. The summed E-state index contributed by atoms with van der Waals surface area (Å²) in [5.41, 5.74) is 1.30. The molecule has 1 aromatic carbocycles. The van der Waals surface area contributed by atoms with E-state index in [9.17, 15) is 5.11 Å². The van der Waals surface area contributed by atoms with Gasteiger partial charge in [0.25, 0.3) is 0 Å². The number of aliphatic hydroxyl groups is 1. The number of para-hydroxylation sites is 1. The van der Waals surface area contributed by atoms with Gasteiger partial charge in [0.05, 0.1) is 32.0 Å². The molecule has 3 aromatic rings. The number of hydrogen-bond acceptors (Lipinski definition) is 7. The Balaban J connectivity index is 1.26. The van der Waals surface area contributed by atoms with Crippen LogP contribution in [0.15, 0.2) is 36.5 Å². The molecule has 2 aliphatic heterocycles. The lowest BCUT2D eigenvalue weighted by atomic mass is 9.90. The smallest absolute Gasteiger partial charge is 0.171 e. The molecule has 32 heavy (non-hydrogen) atoms. The molecule has 0 saturated carbocycles. The Labute approximate surface area is 193 Å². The third-order valence-electron chi connectivity index (χ3n) is 6.65. The zero-order valence-electron chi connectivity index (χ0n) is 18.6. The van der Waals surface area contributed by atoms with Crippen molar-refractivity contribution in [3.63, 3.8) is 0 Å². The van der Waals surface area contributed by atoms with Crippen LogP contribution in [0.1, 0.15) is 43.1 Å². The summed E-state index contributed by atoms with van der Waals surface area (Å²) in [7, 11) is 0. The molecule has 7 nitrogen and oxygen atoms in total. The van der Waals surface area contributed by atoms with Gasteiger partial charge < -0.3 is 19.1 Å². The van der Waals surface area contributed by atoms with Crippen molar-refractivity contribution in [2.24, 2.45) is 5.92 Å². The van der Waals surface area contributed by atoms with Gasteiger partial charge in [-0.1, -0.05) is 25.1 Å². The molecule has 0 radical (unpaired) electrons. The van der Waals surface area contributed by atoms with Gasteiger partial charge >= 0.3 is 0 Å². The fourth-order valence-corrected chi connectivity index (χ4v) is 5.69. The Morgan fingerprint density at radius 1 is 1.19 bits per heavy atom. The van der Waals surface area contributed by atoms with E-state index in [4.69, 9.17) is 14.5 Å². The van der Waals surface area contributed by atoms with Crippen LogP contribution in [0.3, 0.4) is 0 Å². The number of nitrogens with zero attached hydrogens (tertiary/aromatic N) is 4. The Morgan fingerprint density at radius 3 is 2.97 bits per heavy atom. The van der Waals surface area contributed by atoms with E-state index in [0.29, 0.717) is 12.5 Å². The van der Waals surface area contributed by atoms with E-state index in [2.05, 4.69) is 57.3 Å². The molecule has 2 saturated heterocycles. The maximum absolute atomic E-state index is 9.38. The first-order chi connectivity index (χ1) is 15.7. The first kappa shape index (κ1) is 22.0. The van der Waals surface area contributed by atoms with E-state index < -0.39 is 0 Å². The summed E-state index contributed by atoms with van der Waals surface area (Å²) < 4.78 is 19.0. The molecule has 4 unspecified atom stereocenters. The summed E-state index contributed by atoms with van der Waals surface area (Å²) >= 11 is 1.47. The predicted molar refractivity (Wildman–Crippen MR) is 125 cm³/mol. The Kier molecular flexibility index (Phi) is 6.85. The van der Waals surface area contributed by atoms with Crippen LogP contribution in [-0.4, -0.2) is 62.4 Å². The zero-order valence-corrected chi connectivity index (χ0v) is 19.4. The first-order valence-electron chi connectivity index (χ1n) is 11.7. The highest BCUT2D eigenvalue weighted by atomic mass is 32.1. The third-order valence-corrected chi connectivity index (χ3v) is 7.36. The predicted octanol–water partition coefficient (Wildman–Crippen LogP) is 3.63.